The number of para-hydroxylation sites is 1. The minimum atomic E-state index is -0.507. The number of rotatable bonds is 2. The summed E-state index contributed by atoms with van der Waals surface area (Å²) in [5, 5.41) is 3.57. The largest absolute Gasteiger partial charge is 0.364 e. The first-order chi connectivity index (χ1) is 8.27. The van der Waals surface area contributed by atoms with E-state index in [0.29, 0.717) is 17.8 Å². The Hall–Kier alpha value is -2.43. The Labute approximate surface area is 96.6 Å². The van der Waals surface area contributed by atoms with E-state index in [1.165, 1.54) is 17.4 Å². The number of amides is 1. The standard InChI is InChI=1S/C12H8N2O3/c15-11-9-3-1-2-4-10(9)14(12(11)16)6-8-5-13-17-7-8/h1-5,7H,6H2. The van der Waals surface area contributed by atoms with Gasteiger partial charge in [-0.15, -0.1) is 0 Å². The third-order valence-electron chi connectivity index (χ3n) is 2.70. The van der Waals surface area contributed by atoms with Crippen molar-refractivity contribution in [1.29, 1.82) is 0 Å². The highest BCUT2D eigenvalue weighted by molar-refractivity contribution is 6.52. The van der Waals surface area contributed by atoms with Crippen LogP contribution >= 0.6 is 0 Å². The van der Waals surface area contributed by atoms with Gasteiger partial charge in [0.2, 0.25) is 0 Å². The number of benzene rings is 1. The summed E-state index contributed by atoms with van der Waals surface area (Å²) in [6.45, 7) is 0.297. The Morgan fingerprint density at radius 1 is 1.24 bits per heavy atom. The summed E-state index contributed by atoms with van der Waals surface area (Å²) >= 11 is 0. The van der Waals surface area contributed by atoms with Crippen LogP contribution in [-0.4, -0.2) is 16.8 Å². The number of ketones is 1. The van der Waals surface area contributed by atoms with Gasteiger partial charge in [0.15, 0.2) is 0 Å². The van der Waals surface area contributed by atoms with Gasteiger partial charge in [0.05, 0.1) is 24.0 Å². The zero-order valence-electron chi connectivity index (χ0n) is 8.79. The van der Waals surface area contributed by atoms with Gasteiger partial charge in [0.25, 0.3) is 11.7 Å². The summed E-state index contributed by atoms with van der Waals surface area (Å²) in [5.74, 6) is -0.968. The maximum atomic E-state index is 11.8. The highest BCUT2D eigenvalue weighted by Gasteiger charge is 2.35. The van der Waals surface area contributed by atoms with Crippen LogP contribution in [0.4, 0.5) is 5.69 Å². The number of hydrogen-bond acceptors (Lipinski definition) is 4. The average Bonchev–Trinajstić information content (AvgIpc) is 2.94. The molecule has 5 heteroatoms. The van der Waals surface area contributed by atoms with Crippen molar-refractivity contribution in [3.05, 3.63) is 47.9 Å². The Bertz CT molecular complexity index is 590. The van der Waals surface area contributed by atoms with E-state index in [-0.39, 0.29) is 0 Å². The van der Waals surface area contributed by atoms with Gasteiger partial charge < -0.3 is 9.42 Å². The first kappa shape index (κ1) is 9.77. The molecule has 17 heavy (non-hydrogen) atoms. The van der Waals surface area contributed by atoms with Crippen molar-refractivity contribution in [3.8, 4) is 0 Å². The van der Waals surface area contributed by atoms with Gasteiger partial charge in [0, 0.05) is 5.56 Å². The molecule has 0 fully saturated rings. The SMILES string of the molecule is O=C1C(=O)N(Cc2cnoc2)c2ccccc21. The molecule has 2 aromatic rings. The number of carbonyl (C=O) groups excluding carboxylic acids is 2. The molecule has 0 saturated carbocycles. The smallest absolute Gasteiger partial charge is 0.299 e. The molecule has 3 rings (SSSR count). The van der Waals surface area contributed by atoms with Gasteiger partial charge in [0.1, 0.15) is 6.26 Å². The van der Waals surface area contributed by atoms with Crippen molar-refractivity contribution >= 4 is 17.4 Å². The van der Waals surface area contributed by atoms with E-state index in [2.05, 4.69) is 5.16 Å². The summed E-state index contributed by atoms with van der Waals surface area (Å²) in [6.07, 6.45) is 2.98. The summed E-state index contributed by atoms with van der Waals surface area (Å²) in [5.41, 5.74) is 1.85. The van der Waals surface area contributed by atoms with Gasteiger partial charge >= 0.3 is 0 Å². The molecule has 0 saturated heterocycles. The lowest BCUT2D eigenvalue weighted by molar-refractivity contribution is -0.114. The summed E-state index contributed by atoms with van der Waals surface area (Å²) < 4.78 is 4.70. The number of anilines is 1. The fourth-order valence-corrected chi connectivity index (χ4v) is 1.89. The molecular weight excluding hydrogens is 220 g/mol. The quantitative estimate of drug-likeness (QED) is 0.729. The molecule has 84 valence electrons. The summed E-state index contributed by atoms with van der Waals surface area (Å²) in [7, 11) is 0. The second kappa shape index (κ2) is 3.55. The third-order valence-corrected chi connectivity index (χ3v) is 2.70. The molecule has 0 N–H and O–H groups in total. The first-order valence-corrected chi connectivity index (χ1v) is 5.11. The zero-order chi connectivity index (χ0) is 11.8. The number of hydrogen-bond donors (Lipinski definition) is 0. The van der Waals surface area contributed by atoms with Crippen molar-refractivity contribution in [2.45, 2.75) is 6.54 Å². The zero-order valence-corrected chi connectivity index (χ0v) is 8.79. The normalized spacial score (nSPS) is 14.2. The van der Waals surface area contributed by atoms with Crippen LogP contribution in [0.1, 0.15) is 15.9 Å². The van der Waals surface area contributed by atoms with Crippen LogP contribution in [0, 0.1) is 0 Å². The molecule has 0 spiro atoms. The van der Waals surface area contributed by atoms with Crippen LogP contribution in [0.5, 0.6) is 0 Å². The van der Waals surface area contributed by atoms with Crippen molar-refractivity contribution in [3.63, 3.8) is 0 Å². The second-order valence-electron chi connectivity index (χ2n) is 3.77. The van der Waals surface area contributed by atoms with Crippen LogP contribution < -0.4 is 4.90 Å². The highest BCUT2D eigenvalue weighted by atomic mass is 16.5. The average molecular weight is 228 g/mol. The van der Waals surface area contributed by atoms with Crippen LogP contribution in [0.3, 0.4) is 0 Å². The van der Waals surface area contributed by atoms with E-state index in [4.69, 9.17) is 4.52 Å². The van der Waals surface area contributed by atoms with E-state index in [9.17, 15) is 9.59 Å². The number of carbonyl (C=O) groups is 2. The molecule has 0 aliphatic carbocycles. The molecule has 1 aliphatic rings. The van der Waals surface area contributed by atoms with Gasteiger partial charge in [-0.3, -0.25) is 9.59 Å². The molecule has 5 nitrogen and oxygen atoms in total. The predicted molar refractivity (Wildman–Crippen MR) is 58.5 cm³/mol. The van der Waals surface area contributed by atoms with E-state index < -0.39 is 11.7 Å². The first-order valence-electron chi connectivity index (χ1n) is 5.11. The van der Waals surface area contributed by atoms with Crippen LogP contribution in [0.15, 0.2) is 41.2 Å². The van der Waals surface area contributed by atoms with Gasteiger partial charge in [-0.05, 0) is 12.1 Å². The molecule has 1 aromatic carbocycles. The molecule has 0 radical (unpaired) electrons. The van der Waals surface area contributed by atoms with Gasteiger partial charge in [-0.2, -0.15) is 0 Å². The molecule has 1 aromatic heterocycles. The predicted octanol–water partition coefficient (Wildman–Crippen LogP) is 1.40. The highest BCUT2D eigenvalue weighted by Crippen LogP contribution is 2.29. The molecule has 2 heterocycles. The Balaban J connectivity index is 2.01. The number of Topliss-reactive ketones (excluding diaryl/α,β-unsaturated/α-hetero) is 1. The monoisotopic (exact) mass is 228 g/mol. The fourth-order valence-electron chi connectivity index (χ4n) is 1.89. The molecule has 0 bridgehead atoms. The fraction of sp³-hybridized carbons (Fsp3) is 0.0833. The van der Waals surface area contributed by atoms with Crippen molar-refractivity contribution < 1.29 is 14.1 Å². The van der Waals surface area contributed by atoms with E-state index >= 15 is 0 Å². The Morgan fingerprint density at radius 3 is 2.82 bits per heavy atom. The maximum Gasteiger partial charge on any atom is 0.299 e. The van der Waals surface area contributed by atoms with Crippen molar-refractivity contribution in [2.24, 2.45) is 0 Å². The van der Waals surface area contributed by atoms with Crippen LogP contribution in [0.2, 0.25) is 0 Å². The summed E-state index contributed by atoms with van der Waals surface area (Å²) in [6, 6.07) is 6.95. The van der Waals surface area contributed by atoms with Crippen molar-refractivity contribution in [1.82, 2.24) is 5.16 Å². The Morgan fingerprint density at radius 2 is 2.06 bits per heavy atom. The molecule has 1 aliphatic heterocycles. The van der Waals surface area contributed by atoms with Gasteiger partial charge in [-0.1, -0.05) is 17.3 Å². The van der Waals surface area contributed by atoms with Gasteiger partial charge in [-0.25, -0.2) is 0 Å². The number of fused-ring (bicyclic) bond motifs is 1. The minimum Gasteiger partial charge on any atom is -0.364 e. The van der Waals surface area contributed by atoms with E-state index in [0.717, 1.165) is 5.56 Å². The lowest BCUT2D eigenvalue weighted by Crippen LogP contribution is -2.28. The molecule has 0 unspecified atom stereocenters. The Kier molecular flexibility index (Phi) is 2.04. The van der Waals surface area contributed by atoms with Crippen LogP contribution in [0.25, 0.3) is 0 Å². The topological polar surface area (TPSA) is 63.4 Å². The third kappa shape index (κ3) is 1.44. The summed E-state index contributed by atoms with van der Waals surface area (Å²) in [4.78, 5) is 25.0. The minimum absolute atomic E-state index is 0.297. The maximum absolute atomic E-state index is 11.8. The molecule has 0 atom stereocenters. The van der Waals surface area contributed by atoms with Crippen molar-refractivity contribution in [2.75, 3.05) is 4.90 Å². The number of aromatic nitrogens is 1. The number of nitrogens with zero attached hydrogens (tertiary/aromatic N) is 2. The lowest BCUT2D eigenvalue weighted by Gasteiger charge is -2.14. The van der Waals surface area contributed by atoms with E-state index in [1.807, 2.05) is 0 Å². The van der Waals surface area contributed by atoms with Crippen LogP contribution in [-0.2, 0) is 11.3 Å². The lowest BCUT2D eigenvalue weighted by atomic mass is 10.1. The molecular formula is C12H8N2O3. The molecule has 1 amide bonds. The van der Waals surface area contributed by atoms with E-state index in [1.54, 1.807) is 24.3 Å². The second-order valence-corrected chi connectivity index (χ2v) is 3.77.